The Morgan fingerprint density at radius 1 is 1.03 bits per heavy atom. The molecular formula is C20H24N4O5S. The van der Waals surface area contributed by atoms with Crippen molar-refractivity contribution >= 4 is 15.7 Å². The van der Waals surface area contributed by atoms with E-state index in [-0.39, 0.29) is 16.7 Å². The molecule has 0 radical (unpaired) electrons. The molecule has 0 aliphatic carbocycles. The molecule has 30 heavy (non-hydrogen) atoms. The number of aromatic nitrogens is 2. The van der Waals surface area contributed by atoms with Crippen molar-refractivity contribution in [3.05, 3.63) is 48.4 Å². The van der Waals surface area contributed by atoms with Gasteiger partial charge >= 0.3 is 0 Å². The smallest absolute Gasteiger partial charge is 0.247 e. The van der Waals surface area contributed by atoms with E-state index in [1.165, 1.54) is 27.3 Å². The molecule has 0 bridgehead atoms. The molecule has 1 unspecified atom stereocenters. The molecule has 160 valence electrons. The highest BCUT2D eigenvalue weighted by Crippen LogP contribution is 2.31. The van der Waals surface area contributed by atoms with Crippen LogP contribution in [0.15, 0.2) is 51.8 Å². The molecule has 2 aromatic carbocycles. The Morgan fingerprint density at radius 2 is 1.73 bits per heavy atom. The number of hydrogen-bond acceptors (Lipinski definition) is 8. The Bertz CT molecular complexity index is 1110. The number of anilines is 1. The number of benzene rings is 2. The number of rotatable bonds is 8. The number of nitrogens with one attached hydrogen (secondary N) is 1. The largest absolute Gasteiger partial charge is 0.497 e. The van der Waals surface area contributed by atoms with Crippen LogP contribution in [0.3, 0.4) is 0 Å². The first kappa shape index (κ1) is 21.6. The third-order valence-corrected chi connectivity index (χ3v) is 6.29. The van der Waals surface area contributed by atoms with Gasteiger partial charge in [0.25, 0.3) is 0 Å². The van der Waals surface area contributed by atoms with Gasteiger partial charge in [0, 0.05) is 25.3 Å². The summed E-state index contributed by atoms with van der Waals surface area (Å²) >= 11 is 0. The molecule has 10 heteroatoms. The van der Waals surface area contributed by atoms with Crippen molar-refractivity contribution in [1.82, 2.24) is 14.5 Å². The minimum atomic E-state index is -3.67. The molecule has 0 aliphatic heterocycles. The van der Waals surface area contributed by atoms with E-state index >= 15 is 0 Å². The van der Waals surface area contributed by atoms with E-state index < -0.39 is 10.0 Å². The molecule has 9 nitrogen and oxygen atoms in total. The molecular weight excluding hydrogens is 408 g/mol. The van der Waals surface area contributed by atoms with Gasteiger partial charge in [-0.15, -0.1) is 10.2 Å². The molecule has 3 rings (SSSR count). The number of ether oxygens (including phenoxy) is 2. The first-order chi connectivity index (χ1) is 14.3. The minimum absolute atomic E-state index is 0.0663. The van der Waals surface area contributed by atoms with Gasteiger partial charge in [0.2, 0.25) is 21.8 Å². The van der Waals surface area contributed by atoms with Crippen LogP contribution in [-0.2, 0) is 10.0 Å². The fourth-order valence-corrected chi connectivity index (χ4v) is 3.81. The maximum atomic E-state index is 12.6. The van der Waals surface area contributed by atoms with Crippen molar-refractivity contribution in [3.63, 3.8) is 0 Å². The first-order valence-corrected chi connectivity index (χ1v) is 10.5. The zero-order chi connectivity index (χ0) is 21.9. The fraction of sp³-hybridized carbons (Fsp3) is 0.300. The molecule has 0 fully saturated rings. The lowest BCUT2D eigenvalue weighted by Crippen LogP contribution is -2.23. The summed E-state index contributed by atoms with van der Waals surface area (Å²) in [5.41, 5.74) is 1.35. The molecule has 0 saturated carbocycles. The summed E-state index contributed by atoms with van der Waals surface area (Å²) in [6.45, 7) is 1.84. The number of sulfonamides is 1. The van der Waals surface area contributed by atoms with Crippen LogP contribution in [0.25, 0.3) is 11.5 Å². The second kappa shape index (κ2) is 8.72. The van der Waals surface area contributed by atoms with E-state index in [9.17, 15) is 8.42 Å². The first-order valence-electron chi connectivity index (χ1n) is 9.11. The second-order valence-electron chi connectivity index (χ2n) is 6.69. The van der Waals surface area contributed by atoms with Crippen molar-refractivity contribution in [2.24, 2.45) is 0 Å². The van der Waals surface area contributed by atoms with Crippen molar-refractivity contribution in [1.29, 1.82) is 0 Å². The number of hydrogen-bond donors (Lipinski definition) is 1. The summed E-state index contributed by atoms with van der Waals surface area (Å²) in [6, 6.07) is 11.8. The Kier molecular flexibility index (Phi) is 6.28. The van der Waals surface area contributed by atoms with E-state index in [0.717, 1.165) is 15.6 Å². The normalized spacial score (nSPS) is 12.6. The van der Waals surface area contributed by atoms with E-state index in [0.29, 0.717) is 17.5 Å². The van der Waals surface area contributed by atoms with Crippen LogP contribution >= 0.6 is 0 Å². The Morgan fingerprint density at radius 3 is 2.33 bits per heavy atom. The average Bonchev–Trinajstić information content (AvgIpc) is 3.24. The van der Waals surface area contributed by atoms with Crippen LogP contribution in [-0.4, -0.2) is 51.2 Å². The van der Waals surface area contributed by atoms with Crippen LogP contribution in [0.5, 0.6) is 11.5 Å². The molecule has 0 amide bonds. The zero-order valence-electron chi connectivity index (χ0n) is 17.4. The van der Waals surface area contributed by atoms with E-state index in [4.69, 9.17) is 13.9 Å². The highest BCUT2D eigenvalue weighted by Gasteiger charge is 2.23. The van der Waals surface area contributed by atoms with Gasteiger partial charge in [-0.3, -0.25) is 0 Å². The predicted octanol–water partition coefficient (Wildman–Crippen LogP) is 3.18. The summed E-state index contributed by atoms with van der Waals surface area (Å²) in [5, 5.41) is 11.4. The highest BCUT2D eigenvalue weighted by atomic mass is 32.2. The second-order valence-corrected chi connectivity index (χ2v) is 8.81. The summed E-state index contributed by atoms with van der Waals surface area (Å²) < 4.78 is 42.5. The highest BCUT2D eigenvalue weighted by molar-refractivity contribution is 7.89. The van der Waals surface area contributed by atoms with Crippen molar-refractivity contribution in [3.8, 4) is 23.0 Å². The van der Waals surface area contributed by atoms with Crippen molar-refractivity contribution in [2.45, 2.75) is 17.9 Å². The Labute approximate surface area is 175 Å². The van der Waals surface area contributed by atoms with Gasteiger partial charge in [-0.25, -0.2) is 12.7 Å². The van der Waals surface area contributed by atoms with Gasteiger partial charge in [-0.1, -0.05) is 0 Å². The van der Waals surface area contributed by atoms with Crippen molar-refractivity contribution < 1.29 is 22.3 Å². The van der Waals surface area contributed by atoms with Gasteiger partial charge in [0.1, 0.15) is 22.4 Å². The van der Waals surface area contributed by atoms with Crippen LogP contribution < -0.4 is 14.8 Å². The lowest BCUT2D eigenvalue weighted by molar-refractivity contribution is 0.400. The lowest BCUT2D eigenvalue weighted by Gasteiger charge is -2.17. The SMILES string of the molecule is COc1ccc(-c2nnc(C(C)Nc3ccc(OC)c(S(=O)(=O)N(C)C)c3)o2)cc1. The van der Waals surface area contributed by atoms with Gasteiger partial charge in [0.05, 0.1) is 14.2 Å². The lowest BCUT2D eigenvalue weighted by atomic mass is 10.2. The molecule has 0 aliphatic rings. The summed E-state index contributed by atoms with van der Waals surface area (Å²) in [6.07, 6.45) is 0. The summed E-state index contributed by atoms with van der Waals surface area (Å²) in [4.78, 5) is 0.0663. The molecule has 1 heterocycles. The van der Waals surface area contributed by atoms with Gasteiger partial charge < -0.3 is 19.2 Å². The molecule has 1 N–H and O–H groups in total. The molecule has 0 spiro atoms. The van der Waals surface area contributed by atoms with Crippen LogP contribution in [0, 0.1) is 0 Å². The molecule has 3 aromatic rings. The Hall–Kier alpha value is -3.11. The quantitative estimate of drug-likeness (QED) is 0.578. The maximum absolute atomic E-state index is 12.6. The third-order valence-electron chi connectivity index (χ3n) is 4.45. The van der Waals surface area contributed by atoms with Crippen LogP contribution in [0.2, 0.25) is 0 Å². The van der Waals surface area contributed by atoms with Crippen molar-refractivity contribution in [2.75, 3.05) is 33.6 Å². The average molecular weight is 433 g/mol. The topological polar surface area (TPSA) is 107 Å². The maximum Gasteiger partial charge on any atom is 0.247 e. The molecule has 1 aromatic heterocycles. The standard InChI is InChI=1S/C20H24N4O5S/c1-13(19-22-23-20(29-19)14-6-9-16(27-4)10-7-14)21-15-8-11-17(28-5)18(12-15)30(25,26)24(2)3/h6-13,21H,1-5H3. The summed E-state index contributed by atoms with van der Waals surface area (Å²) in [7, 11) is 2.29. The molecule has 1 atom stereocenters. The van der Waals surface area contributed by atoms with Gasteiger partial charge in [-0.2, -0.15) is 0 Å². The third kappa shape index (κ3) is 4.39. The predicted molar refractivity (Wildman–Crippen MR) is 112 cm³/mol. The van der Waals surface area contributed by atoms with Crippen LogP contribution in [0.1, 0.15) is 18.9 Å². The monoisotopic (exact) mass is 432 g/mol. The molecule has 0 saturated heterocycles. The van der Waals surface area contributed by atoms with E-state index in [2.05, 4.69) is 15.5 Å². The number of nitrogens with zero attached hydrogens (tertiary/aromatic N) is 3. The Balaban J connectivity index is 1.82. The summed E-state index contributed by atoms with van der Waals surface area (Å²) in [5.74, 6) is 1.75. The van der Waals surface area contributed by atoms with E-state index in [1.807, 2.05) is 31.2 Å². The van der Waals surface area contributed by atoms with Gasteiger partial charge in [-0.05, 0) is 49.4 Å². The zero-order valence-corrected chi connectivity index (χ0v) is 18.2. The fourth-order valence-electron chi connectivity index (χ4n) is 2.74. The van der Waals surface area contributed by atoms with Gasteiger partial charge in [0.15, 0.2) is 0 Å². The van der Waals surface area contributed by atoms with E-state index in [1.54, 1.807) is 19.2 Å². The number of methoxy groups -OCH3 is 2. The minimum Gasteiger partial charge on any atom is -0.497 e. The van der Waals surface area contributed by atoms with Crippen LogP contribution in [0.4, 0.5) is 5.69 Å².